The van der Waals surface area contributed by atoms with Crippen LogP contribution in [0.2, 0.25) is 0 Å². The van der Waals surface area contributed by atoms with Crippen molar-refractivity contribution in [2.45, 2.75) is 26.7 Å². The van der Waals surface area contributed by atoms with Crippen molar-refractivity contribution in [1.82, 2.24) is 0 Å². The monoisotopic (exact) mass is 203 g/mol. The van der Waals surface area contributed by atoms with E-state index in [9.17, 15) is 0 Å². The summed E-state index contributed by atoms with van der Waals surface area (Å²) in [7, 11) is 0. The quantitative estimate of drug-likeness (QED) is 0.710. The molecule has 82 valence electrons. The maximum absolute atomic E-state index is 2.51. The maximum Gasteiger partial charge on any atom is 0.0366 e. The summed E-state index contributed by atoms with van der Waals surface area (Å²) in [6, 6.07) is 10.8. The van der Waals surface area contributed by atoms with Crippen molar-refractivity contribution in [3.8, 4) is 0 Å². The second-order valence-electron chi connectivity index (χ2n) is 4.90. The normalized spacial score (nSPS) is 18.5. The van der Waals surface area contributed by atoms with Gasteiger partial charge in [0.1, 0.15) is 0 Å². The van der Waals surface area contributed by atoms with Crippen molar-refractivity contribution in [2.24, 2.45) is 11.8 Å². The predicted octanol–water partition coefficient (Wildman–Crippen LogP) is 3.56. The molecule has 1 aromatic rings. The lowest BCUT2D eigenvalue weighted by Crippen LogP contribution is -2.35. The van der Waals surface area contributed by atoms with E-state index in [1.165, 1.54) is 31.6 Å². The fourth-order valence-corrected chi connectivity index (χ4v) is 2.46. The first-order valence-corrected chi connectivity index (χ1v) is 6.07. The van der Waals surface area contributed by atoms with Gasteiger partial charge in [-0.3, -0.25) is 0 Å². The molecule has 1 aliphatic heterocycles. The van der Waals surface area contributed by atoms with E-state index in [-0.39, 0.29) is 0 Å². The highest BCUT2D eigenvalue weighted by atomic mass is 15.1. The van der Waals surface area contributed by atoms with Crippen molar-refractivity contribution >= 4 is 5.69 Å². The number of hydrogen-bond acceptors (Lipinski definition) is 1. The van der Waals surface area contributed by atoms with Crippen LogP contribution in [0.1, 0.15) is 26.7 Å². The Morgan fingerprint density at radius 2 is 1.67 bits per heavy atom. The van der Waals surface area contributed by atoms with E-state index in [0.29, 0.717) is 0 Å². The van der Waals surface area contributed by atoms with Crippen LogP contribution < -0.4 is 4.90 Å². The van der Waals surface area contributed by atoms with E-state index in [1.807, 2.05) is 0 Å². The lowest BCUT2D eigenvalue weighted by molar-refractivity contribution is 0.311. The molecule has 0 N–H and O–H groups in total. The summed E-state index contributed by atoms with van der Waals surface area (Å²) < 4.78 is 0. The van der Waals surface area contributed by atoms with Crippen molar-refractivity contribution in [1.29, 1.82) is 0 Å². The van der Waals surface area contributed by atoms with E-state index >= 15 is 0 Å². The van der Waals surface area contributed by atoms with Gasteiger partial charge in [0, 0.05) is 18.8 Å². The molecule has 2 rings (SSSR count). The van der Waals surface area contributed by atoms with Gasteiger partial charge in [0.25, 0.3) is 0 Å². The molecule has 0 atom stereocenters. The number of rotatable bonds is 2. The summed E-state index contributed by atoms with van der Waals surface area (Å²) in [4.78, 5) is 2.51. The SMILES string of the molecule is CC(C)C1CCN(c2ccccc2)CC1. The van der Waals surface area contributed by atoms with Gasteiger partial charge in [0.05, 0.1) is 0 Å². The number of piperidine rings is 1. The molecule has 1 heterocycles. The van der Waals surface area contributed by atoms with Crippen LogP contribution in [0.5, 0.6) is 0 Å². The third-order valence-electron chi connectivity index (χ3n) is 3.60. The highest BCUT2D eigenvalue weighted by Gasteiger charge is 2.21. The zero-order valence-electron chi connectivity index (χ0n) is 9.82. The average Bonchev–Trinajstić information content (AvgIpc) is 2.30. The van der Waals surface area contributed by atoms with Crippen LogP contribution in [-0.4, -0.2) is 13.1 Å². The van der Waals surface area contributed by atoms with Crippen molar-refractivity contribution in [3.63, 3.8) is 0 Å². The average molecular weight is 203 g/mol. The van der Waals surface area contributed by atoms with E-state index < -0.39 is 0 Å². The minimum atomic E-state index is 0.850. The largest absolute Gasteiger partial charge is 0.372 e. The Labute approximate surface area is 93.1 Å². The summed E-state index contributed by atoms with van der Waals surface area (Å²) >= 11 is 0. The minimum absolute atomic E-state index is 0.850. The van der Waals surface area contributed by atoms with Crippen LogP contribution >= 0.6 is 0 Å². The lowest BCUT2D eigenvalue weighted by atomic mass is 9.86. The standard InChI is InChI=1S/C14H21N/c1-12(2)13-8-10-15(11-9-13)14-6-4-3-5-7-14/h3-7,12-13H,8-11H2,1-2H3. The molecule has 1 saturated heterocycles. The second kappa shape index (κ2) is 4.69. The van der Waals surface area contributed by atoms with Crippen LogP contribution in [0.15, 0.2) is 30.3 Å². The van der Waals surface area contributed by atoms with Gasteiger partial charge < -0.3 is 4.90 Å². The molecule has 1 aromatic carbocycles. The van der Waals surface area contributed by atoms with Crippen molar-refractivity contribution < 1.29 is 0 Å². The summed E-state index contributed by atoms with van der Waals surface area (Å²) in [5.41, 5.74) is 1.39. The number of para-hydroxylation sites is 1. The third-order valence-corrected chi connectivity index (χ3v) is 3.60. The van der Waals surface area contributed by atoms with Gasteiger partial charge in [-0.05, 0) is 36.8 Å². The molecule has 15 heavy (non-hydrogen) atoms. The van der Waals surface area contributed by atoms with Gasteiger partial charge in [-0.1, -0.05) is 32.0 Å². The lowest BCUT2D eigenvalue weighted by Gasteiger charge is -2.35. The molecule has 1 aliphatic rings. The van der Waals surface area contributed by atoms with E-state index in [1.54, 1.807) is 0 Å². The first-order valence-electron chi connectivity index (χ1n) is 6.07. The Morgan fingerprint density at radius 1 is 1.07 bits per heavy atom. The molecule has 1 heteroatoms. The molecule has 0 unspecified atom stereocenters. The van der Waals surface area contributed by atoms with Crippen molar-refractivity contribution in [3.05, 3.63) is 30.3 Å². The van der Waals surface area contributed by atoms with E-state index in [2.05, 4.69) is 49.1 Å². The van der Waals surface area contributed by atoms with Crippen LogP contribution in [0.4, 0.5) is 5.69 Å². The summed E-state index contributed by atoms with van der Waals surface area (Å²) in [6.07, 6.45) is 2.71. The molecule has 1 nitrogen and oxygen atoms in total. The molecule has 0 spiro atoms. The molecule has 0 aliphatic carbocycles. The topological polar surface area (TPSA) is 3.24 Å². The zero-order valence-corrected chi connectivity index (χ0v) is 9.82. The third kappa shape index (κ3) is 2.53. The van der Waals surface area contributed by atoms with Crippen LogP contribution in [0, 0.1) is 11.8 Å². The Hall–Kier alpha value is -0.980. The summed E-state index contributed by atoms with van der Waals surface area (Å²) in [5.74, 6) is 1.79. The highest BCUT2D eigenvalue weighted by molar-refractivity contribution is 5.46. The number of hydrogen-bond donors (Lipinski definition) is 0. The summed E-state index contributed by atoms with van der Waals surface area (Å²) in [6.45, 7) is 7.16. The second-order valence-corrected chi connectivity index (χ2v) is 4.90. The molecule has 1 fully saturated rings. The molecule has 0 aromatic heterocycles. The van der Waals surface area contributed by atoms with Gasteiger partial charge in [-0.15, -0.1) is 0 Å². The molecule has 0 saturated carbocycles. The van der Waals surface area contributed by atoms with Gasteiger partial charge in [-0.25, -0.2) is 0 Å². The van der Waals surface area contributed by atoms with Gasteiger partial charge in [0.2, 0.25) is 0 Å². The number of nitrogens with zero attached hydrogens (tertiary/aromatic N) is 1. The Bertz CT molecular complexity index is 283. The van der Waals surface area contributed by atoms with Crippen LogP contribution in [0.3, 0.4) is 0 Å². The zero-order chi connectivity index (χ0) is 10.7. The first kappa shape index (κ1) is 10.5. The van der Waals surface area contributed by atoms with E-state index in [4.69, 9.17) is 0 Å². The predicted molar refractivity (Wildman–Crippen MR) is 66.2 cm³/mol. The van der Waals surface area contributed by atoms with Crippen LogP contribution in [0.25, 0.3) is 0 Å². The Kier molecular flexibility index (Phi) is 3.30. The summed E-state index contributed by atoms with van der Waals surface area (Å²) in [5, 5.41) is 0. The van der Waals surface area contributed by atoms with Gasteiger partial charge >= 0.3 is 0 Å². The highest BCUT2D eigenvalue weighted by Crippen LogP contribution is 2.27. The van der Waals surface area contributed by atoms with Crippen LogP contribution in [-0.2, 0) is 0 Å². The first-order chi connectivity index (χ1) is 7.27. The Balaban J connectivity index is 1.94. The molecular weight excluding hydrogens is 182 g/mol. The number of benzene rings is 1. The van der Waals surface area contributed by atoms with E-state index in [0.717, 1.165) is 11.8 Å². The number of anilines is 1. The van der Waals surface area contributed by atoms with Gasteiger partial charge in [-0.2, -0.15) is 0 Å². The van der Waals surface area contributed by atoms with Crippen molar-refractivity contribution in [2.75, 3.05) is 18.0 Å². The fraction of sp³-hybridized carbons (Fsp3) is 0.571. The molecule has 0 bridgehead atoms. The molecule has 0 radical (unpaired) electrons. The fourth-order valence-electron chi connectivity index (χ4n) is 2.46. The smallest absolute Gasteiger partial charge is 0.0366 e. The van der Waals surface area contributed by atoms with Gasteiger partial charge in [0.15, 0.2) is 0 Å². The molecule has 0 amide bonds. The minimum Gasteiger partial charge on any atom is -0.372 e. The maximum atomic E-state index is 2.51. The molecular formula is C14H21N. The Morgan fingerprint density at radius 3 is 2.20 bits per heavy atom.